The van der Waals surface area contributed by atoms with Gasteiger partial charge in [-0.15, -0.1) is 0 Å². The molecule has 2 aliphatic carbocycles. The molecule has 0 aromatic heterocycles. The van der Waals surface area contributed by atoms with Gasteiger partial charge in [-0.3, -0.25) is 24.5 Å². The number of carbonyl (C=O) groups excluding carboxylic acids is 3. The number of imide groups is 1. The van der Waals surface area contributed by atoms with Crippen LogP contribution in [-0.4, -0.2) is 28.8 Å². The number of amides is 3. The third kappa shape index (κ3) is 0.854. The molecule has 3 aliphatic rings. The van der Waals surface area contributed by atoms with Gasteiger partial charge < -0.3 is 10.8 Å². The standard InChI is InChI=1S/C12H14N2O5/c13-6(15)11-7(16)14-8(17)12(11,9(18)19)10(11)4-2-1-3-5-10/h1-5H2,(H2,13,15)(H,18,19)(H,14,16,17)/t11-,12-/m1/s1. The minimum Gasteiger partial charge on any atom is -0.480 e. The lowest BCUT2D eigenvalue weighted by atomic mass is 9.76. The van der Waals surface area contributed by atoms with Crippen LogP contribution in [0.2, 0.25) is 0 Å². The van der Waals surface area contributed by atoms with E-state index >= 15 is 0 Å². The zero-order chi connectivity index (χ0) is 14.1. The van der Waals surface area contributed by atoms with E-state index in [1.807, 2.05) is 5.32 Å². The average molecular weight is 266 g/mol. The Hall–Kier alpha value is -1.92. The Morgan fingerprint density at radius 3 is 2.00 bits per heavy atom. The molecule has 7 heteroatoms. The van der Waals surface area contributed by atoms with Crippen LogP contribution in [0.25, 0.3) is 0 Å². The maximum atomic E-state index is 12.1. The molecule has 4 N–H and O–H groups in total. The highest BCUT2D eigenvalue weighted by atomic mass is 16.4. The summed E-state index contributed by atoms with van der Waals surface area (Å²) in [6.45, 7) is 0. The molecule has 1 spiro atoms. The van der Waals surface area contributed by atoms with Gasteiger partial charge in [0.1, 0.15) is 0 Å². The molecule has 3 fully saturated rings. The summed E-state index contributed by atoms with van der Waals surface area (Å²) in [6, 6.07) is 0. The molecule has 3 rings (SSSR count). The normalized spacial score (nSPS) is 38.7. The van der Waals surface area contributed by atoms with Crippen LogP contribution in [0.3, 0.4) is 0 Å². The van der Waals surface area contributed by atoms with Gasteiger partial charge in [-0.1, -0.05) is 19.3 Å². The molecule has 0 radical (unpaired) electrons. The van der Waals surface area contributed by atoms with E-state index in [-0.39, 0.29) is 0 Å². The van der Waals surface area contributed by atoms with Crippen molar-refractivity contribution in [2.75, 3.05) is 0 Å². The second kappa shape index (κ2) is 3.15. The minimum atomic E-state index is -1.98. The maximum absolute atomic E-state index is 12.1. The number of rotatable bonds is 2. The van der Waals surface area contributed by atoms with Gasteiger partial charge in [0.25, 0.3) is 0 Å². The fraction of sp³-hybridized carbons (Fsp3) is 0.667. The molecule has 1 aliphatic heterocycles. The third-order valence-corrected chi connectivity index (χ3v) is 5.24. The van der Waals surface area contributed by atoms with Gasteiger partial charge in [-0.05, 0) is 12.8 Å². The minimum absolute atomic E-state index is 0.376. The van der Waals surface area contributed by atoms with Gasteiger partial charge in [0.2, 0.25) is 17.7 Å². The van der Waals surface area contributed by atoms with E-state index in [0.717, 1.165) is 6.42 Å². The Bertz CT molecular complexity index is 496. The van der Waals surface area contributed by atoms with E-state index in [0.29, 0.717) is 25.7 Å². The van der Waals surface area contributed by atoms with Crippen molar-refractivity contribution in [3.8, 4) is 0 Å². The lowest BCUT2D eigenvalue weighted by molar-refractivity contribution is -0.152. The summed E-state index contributed by atoms with van der Waals surface area (Å²) in [5, 5.41) is 11.5. The smallest absolute Gasteiger partial charge is 0.321 e. The number of carboxylic acids is 1. The molecule has 0 bridgehead atoms. The maximum Gasteiger partial charge on any atom is 0.321 e. The zero-order valence-electron chi connectivity index (χ0n) is 10.2. The SMILES string of the molecule is NC(=O)[C@]12C(=O)NC(=O)[C@@]1(C(=O)O)C21CCCCC1. The molecule has 1 heterocycles. The molecule has 7 nitrogen and oxygen atoms in total. The number of hydrogen-bond donors (Lipinski definition) is 3. The highest BCUT2D eigenvalue weighted by molar-refractivity contribution is 6.33. The fourth-order valence-electron chi connectivity index (χ4n) is 4.66. The van der Waals surface area contributed by atoms with Crippen molar-refractivity contribution in [3.05, 3.63) is 0 Å². The number of hydrogen-bond acceptors (Lipinski definition) is 4. The second-order valence-corrected chi connectivity index (χ2v) is 5.60. The Kier molecular flexibility index (Phi) is 2.01. The predicted molar refractivity (Wildman–Crippen MR) is 60.4 cm³/mol. The molecule has 102 valence electrons. The van der Waals surface area contributed by atoms with Crippen molar-refractivity contribution in [3.63, 3.8) is 0 Å². The average Bonchev–Trinajstić information content (AvgIpc) is 2.76. The first kappa shape index (κ1) is 12.1. The van der Waals surface area contributed by atoms with Crippen LogP contribution in [0, 0.1) is 16.2 Å². The third-order valence-electron chi connectivity index (χ3n) is 5.24. The first-order valence-corrected chi connectivity index (χ1v) is 6.29. The van der Waals surface area contributed by atoms with Crippen LogP contribution in [-0.2, 0) is 19.2 Å². The van der Waals surface area contributed by atoms with E-state index in [1.165, 1.54) is 0 Å². The van der Waals surface area contributed by atoms with Crippen molar-refractivity contribution in [2.24, 2.45) is 22.0 Å². The largest absolute Gasteiger partial charge is 0.480 e. The Morgan fingerprint density at radius 2 is 1.58 bits per heavy atom. The molecule has 3 amide bonds. The molecule has 2 saturated carbocycles. The van der Waals surface area contributed by atoms with E-state index in [1.54, 1.807) is 0 Å². The first-order chi connectivity index (χ1) is 8.89. The van der Waals surface area contributed by atoms with Crippen LogP contribution >= 0.6 is 0 Å². The number of fused-ring (bicyclic) bond motifs is 3. The highest BCUT2D eigenvalue weighted by Gasteiger charge is 3.01. The highest BCUT2D eigenvalue weighted by Crippen LogP contribution is 2.84. The molecular weight excluding hydrogens is 252 g/mol. The fourth-order valence-corrected chi connectivity index (χ4v) is 4.66. The van der Waals surface area contributed by atoms with Crippen molar-refractivity contribution < 1.29 is 24.3 Å². The number of primary amides is 1. The topological polar surface area (TPSA) is 127 Å². The van der Waals surface area contributed by atoms with Crippen LogP contribution in [0.15, 0.2) is 0 Å². The lowest BCUT2D eigenvalue weighted by Crippen LogP contribution is -2.43. The number of nitrogens with one attached hydrogen (secondary N) is 1. The van der Waals surface area contributed by atoms with Crippen LogP contribution in [0.4, 0.5) is 0 Å². The predicted octanol–water partition coefficient (Wildman–Crippen LogP) is -0.850. The molecule has 1 saturated heterocycles. The van der Waals surface area contributed by atoms with E-state index < -0.39 is 39.9 Å². The number of carboxylic acid groups (broad SMARTS) is 1. The van der Waals surface area contributed by atoms with Gasteiger partial charge >= 0.3 is 5.97 Å². The first-order valence-electron chi connectivity index (χ1n) is 6.29. The van der Waals surface area contributed by atoms with Crippen LogP contribution in [0.1, 0.15) is 32.1 Å². The summed E-state index contributed by atoms with van der Waals surface area (Å²) >= 11 is 0. The molecule has 2 atom stereocenters. The quantitative estimate of drug-likeness (QED) is 0.443. The van der Waals surface area contributed by atoms with Crippen LogP contribution < -0.4 is 11.1 Å². The van der Waals surface area contributed by atoms with Gasteiger partial charge in [-0.25, -0.2) is 0 Å². The summed E-state index contributed by atoms with van der Waals surface area (Å²) in [5.41, 5.74) is 0.355. The van der Waals surface area contributed by atoms with Gasteiger partial charge in [-0.2, -0.15) is 0 Å². The molecule has 0 aromatic rings. The molecule has 0 aromatic carbocycles. The number of carbonyl (C=O) groups is 4. The molecular formula is C12H14N2O5. The lowest BCUT2D eigenvalue weighted by Gasteiger charge is -2.28. The van der Waals surface area contributed by atoms with Crippen molar-refractivity contribution >= 4 is 23.7 Å². The summed E-state index contributed by atoms with van der Waals surface area (Å²) < 4.78 is 0. The monoisotopic (exact) mass is 266 g/mol. The van der Waals surface area contributed by atoms with E-state index in [4.69, 9.17) is 5.73 Å². The number of piperidine rings is 1. The number of aliphatic carboxylic acids is 1. The summed E-state index contributed by atoms with van der Waals surface area (Å²) in [6.07, 6.45) is 3.06. The van der Waals surface area contributed by atoms with Gasteiger partial charge in [0.15, 0.2) is 10.8 Å². The summed E-state index contributed by atoms with van der Waals surface area (Å²) in [5.74, 6) is -4.14. The van der Waals surface area contributed by atoms with Crippen LogP contribution in [0.5, 0.6) is 0 Å². The Morgan fingerprint density at radius 1 is 1.05 bits per heavy atom. The Labute approximate surface area is 108 Å². The van der Waals surface area contributed by atoms with E-state index in [2.05, 4.69) is 0 Å². The zero-order valence-corrected chi connectivity index (χ0v) is 10.2. The number of nitrogens with two attached hydrogens (primary N) is 1. The van der Waals surface area contributed by atoms with E-state index in [9.17, 15) is 24.3 Å². The van der Waals surface area contributed by atoms with Crippen molar-refractivity contribution in [2.45, 2.75) is 32.1 Å². The Balaban J connectivity index is 2.26. The summed E-state index contributed by atoms with van der Waals surface area (Å²) in [4.78, 5) is 47.7. The molecule has 19 heavy (non-hydrogen) atoms. The summed E-state index contributed by atoms with van der Waals surface area (Å²) in [7, 11) is 0. The van der Waals surface area contributed by atoms with Crippen molar-refractivity contribution in [1.29, 1.82) is 0 Å². The van der Waals surface area contributed by atoms with Gasteiger partial charge in [0.05, 0.1) is 0 Å². The van der Waals surface area contributed by atoms with Gasteiger partial charge in [0, 0.05) is 5.41 Å². The molecule has 0 unspecified atom stereocenters. The van der Waals surface area contributed by atoms with Crippen molar-refractivity contribution in [1.82, 2.24) is 5.32 Å². The second-order valence-electron chi connectivity index (χ2n) is 5.60.